The lowest BCUT2D eigenvalue weighted by Gasteiger charge is -2.37. The van der Waals surface area contributed by atoms with Gasteiger partial charge in [-0.15, -0.1) is 0 Å². The zero-order valence-corrected chi connectivity index (χ0v) is 11.5. The third-order valence-corrected chi connectivity index (χ3v) is 4.39. The maximum atomic E-state index is 11.6. The van der Waals surface area contributed by atoms with E-state index in [0.717, 1.165) is 45.3 Å². The molecule has 1 saturated carbocycles. The molecule has 100 valence electrons. The molecule has 2 fully saturated rings. The highest BCUT2D eigenvalue weighted by atomic mass is 16.2. The van der Waals surface area contributed by atoms with Crippen molar-refractivity contribution in [1.82, 2.24) is 9.80 Å². The van der Waals surface area contributed by atoms with Crippen molar-refractivity contribution >= 4 is 5.91 Å². The number of hydrogen-bond acceptors (Lipinski definition) is 3. The van der Waals surface area contributed by atoms with Gasteiger partial charge in [0.05, 0.1) is 11.5 Å². The average Bonchev–Trinajstić information content (AvgIpc) is 3.18. The molecule has 18 heavy (non-hydrogen) atoms. The smallest absolute Gasteiger partial charge is 0.222 e. The lowest BCUT2D eigenvalue weighted by Crippen LogP contribution is -2.46. The summed E-state index contributed by atoms with van der Waals surface area (Å²) in [4.78, 5) is 15.9. The van der Waals surface area contributed by atoms with Gasteiger partial charge < -0.3 is 9.80 Å². The Labute approximate surface area is 110 Å². The molecule has 0 spiro atoms. The fourth-order valence-corrected chi connectivity index (χ4v) is 2.84. The van der Waals surface area contributed by atoms with Crippen LogP contribution in [-0.4, -0.2) is 48.4 Å². The molecule has 0 aromatic heterocycles. The highest BCUT2D eigenvalue weighted by Crippen LogP contribution is 2.45. The van der Waals surface area contributed by atoms with Crippen molar-refractivity contribution in [2.75, 3.05) is 26.7 Å². The summed E-state index contributed by atoms with van der Waals surface area (Å²) in [6, 6.07) is 2.99. The molecule has 1 aliphatic carbocycles. The monoisotopic (exact) mass is 249 g/mol. The van der Waals surface area contributed by atoms with Crippen LogP contribution in [0.4, 0.5) is 0 Å². The maximum Gasteiger partial charge on any atom is 0.222 e. The molecule has 0 aromatic carbocycles. The number of carbonyl (C=O) groups is 1. The molecule has 2 aliphatic rings. The van der Waals surface area contributed by atoms with Crippen LogP contribution in [-0.2, 0) is 4.79 Å². The molecule has 4 nitrogen and oxygen atoms in total. The lowest BCUT2D eigenvalue weighted by atomic mass is 10.0. The topological polar surface area (TPSA) is 47.3 Å². The van der Waals surface area contributed by atoms with E-state index in [1.54, 1.807) is 0 Å². The SMILES string of the molecule is CCC(=O)N1CCC(N(C)CC2(C#N)CC2)CC1. The number of nitrogens with zero attached hydrogens (tertiary/aromatic N) is 3. The summed E-state index contributed by atoms with van der Waals surface area (Å²) in [7, 11) is 2.12. The second-order valence-electron chi connectivity index (χ2n) is 5.77. The maximum absolute atomic E-state index is 11.6. The quantitative estimate of drug-likeness (QED) is 0.760. The molecule has 1 amide bonds. The molecule has 0 bridgehead atoms. The zero-order valence-electron chi connectivity index (χ0n) is 11.5. The molecule has 1 aliphatic heterocycles. The van der Waals surface area contributed by atoms with E-state index in [2.05, 4.69) is 18.0 Å². The molecule has 0 N–H and O–H groups in total. The fourth-order valence-electron chi connectivity index (χ4n) is 2.84. The molecule has 0 atom stereocenters. The number of amides is 1. The molecule has 0 radical (unpaired) electrons. The fraction of sp³-hybridized carbons (Fsp3) is 0.857. The van der Waals surface area contributed by atoms with Crippen LogP contribution in [0, 0.1) is 16.7 Å². The summed E-state index contributed by atoms with van der Waals surface area (Å²) < 4.78 is 0. The van der Waals surface area contributed by atoms with Gasteiger partial charge in [0.2, 0.25) is 5.91 Å². The third-order valence-electron chi connectivity index (χ3n) is 4.39. The van der Waals surface area contributed by atoms with Crippen molar-refractivity contribution in [3.05, 3.63) is 0 Å². The molecule has 2 rings (SSSR count). The van der Waals surface area contributed by atoms with Crippen molar-refractivity contribution in [2.45, 2.75) is 45.1 Å². The average molecular weight is 249 g/mol. The first-order chi connectivity index (χ1) is 8.60. The Morgan fingerprint density at radius 2 is 2.06 bits per heavy atom. The van der Waals surface area contributed by atoms with Crippen molar-refractivity contribution in [3.8, 4) is 6.07 Å². The number of nitriles is 1. The normalized spacial score (nSPS) is 22.9. The molecular formula is C14H23N3O. The van der Waals surface area contributed by atoms with Crippen LogP contribution >= 0.6 is 0 Å². The van der Waals surface area contributed by atoms with E-state index in [4.69, 9.17) is 5.26 Å². The lowest BCUT2D eigenvalue weighted by molar-refractivity contribution is -0.132. The standard InChI is InChI=1S/C14H23N3O/c1-3-13(18)17-8-4-12(5-9-17)16(2)11-14(10-15)6-7-14/h12H,3-9,11H2,1-2H3. The van der Waals surface area contributed by atoms with E-state index >= 15 is 0 Å². The van der Waals surface area contributed by atoms with Gasteiger partial charge in [0.1, 0.15) is 0 Å². The minimum atomic E-state index is -0.0505. The summed E-state index contributed by atoms with van der Waals surface area (Å²) >= 11 is 0. The second kappa shape index (κ2) is 5.27. The van der Waals surface area contributed by atoms with Gasteiger partial charge in [-0.05, 0) is 32.7 Å². The van der Waals surface area contributed by atoms with Crippen molar-refractivity contribution in [1.29, 1.82) is 5.26 Å². The Bertz CT molecular complexity index is 349. The minimum Gasteiger partial charge on any atom is -0.343 e. The van der Waals surface area contributed by atoms with E-state index < -0.39 is 0 Å². The van der Waals surface area contributed by atoms with Crippen molar-refractivity contribution in [2.24, 2.45) is 5.41 Å². The summed E-state index contributed by atoms with van der Waals surface area (Å²) in [5.74, 6) is 0.270. The van der Waals surface area contributed by atoms with Gasteiger partial charge in [-0.25, -0.2) is 0 Å². The van der Waals surface area contributed by atoms with Gasteiger partial charge in [-0.3, -0.25) is 4.79 Å². The van der Waals surface area contributed by atoms with Crippen molar-refractivity contribution in [3.63, 3.8) is 0 Å². The van der Waals surface area contributed by atoms with E-state index in [9.17, 15) is 4.79 Å². The molecule has 0 unspecified atom stereocenters. The summed E-state index contributed by atoms with van der Waals surface area (Å²) in [5.41, 5.74) is -0.0505. The molecule has 1 saturated heterocycles. The number of carbonyl (C=O) groups excluding carboxylic acids is 1. The number of rotatable bonds is 4. The predicted octanol–water partition coefficient (Wildman–Crippen LogP) is 1.62. The van der Waals surface area contributed by atoms with Gasteiger partial charge in [0, 0.05) is 32.1 Å². The Morgan fingerprint density at radius 1 is 1.44 bits per heavy atom. The van der Waals surface area contributed by atoms with Gasteiger partial charge in [-0.1, -0.05) is 6.92 Å². The second-order valence-corrected chi connectivity index (χ2v) is 5.77. The van der Waals surface area contributed by atoms with Crippen LogP contribution in [0.15, 0.2) is 0 Å². The molecular weight excluding hydrogens is 226 g/mol. The number of hydrogen-bond donors (Lipinski definition) is 0. The van der Waals surface area contributed by atoms with Gasteiger partial charge in [0.25, 0.3) is 0 Å². The highest BCUT2D eigenvalue weighted by Gasteiger charge is 2.44. The van der Waals surface area contributed by atoms with Crippen LogP contribution in [0.5, 0.6) is 0 Å². The largest absolute Gasteiger partial charge is 0.343 e. The van der Waals surface area contributed by atoms with E-state index in [0.29, 0.717) is 12.5 Å². The summed E-state index contributed by atoms with van der Waals surface area (Å²) in [5, 5.41) is 9.12. The summed E-state index contributed by atoms with van der Waals surface area (Å²) in [6.07, 6.45) is 4.81. The van der Waals surface area contributed by atoms with E-state index in [1.807, 2.05) is 11.8 Å². The third kappa shape index (κ3) is 2.84. The predicted molar refractivity (Wildman–Crippen MR) is 69.8 cm³/mol. The molecule has 4 heteroatoms. The first-order valence-corrected chi connectivity index (χ1v) is 6.99. The Morgan fingerprint density at radius 3 is 2.50 bits per heavy atom. The van der Waals surface area contributed by atoms with Gasteiger partial charge in [0.15, 0.2) is 0 Å². The van der Waals surface area contributed by atoms with Gasteiger partial charge >= 0.3 is 0 Å². The first-order valence-electron chi connectivity index (χ1n) is 6.99. The van der Waals surface area contributed by atoms with Crippen LogP contribution in [0.25, 0.3) is 0 Å². The Kier molecular flexibility index (Phi) is 3.91. The summed E-state index contributed by atoms with van der Waals surface area (Å²) in [6.45, 7) is 4.57. The van der Waals surface area contributed by atoms with Crippen LogP contribution in [0.1, 0.15) is 39.0 Å². The zero-order chi connectivity index (χ0) is 13.2. The van der Waals surface area contributed by atoms with Gasteiger partial charge in [-0.2, -0.15) is 5.26 Å². The van der Waals surface area contributed by atoms with Crippen molar-refractivity contribution < 1.29 is 4.79 Å². The molecule has 0 aromatic rings. The Hall–Kier alpha value is -1.08. The highest BCUT2D eigenvalue weighted by molar-refractivity contribution is 5.75. The van der Waals surface area contributed by atoms with E-state index in [-0.39, 0.29) is 11.3 Å². The van der Waals surface area contributed by atoms with Crippen LogP contribution < -0.4 is 0 Å². The number of piperidine rings is 1. The van der Waals surface area contributed by atoms with Crippen LogP contribution in [0.3, 0.4) is 0 Å². The number of likely N-dealkylation sites (tertiary alicyclic amines) is 1. The minimum absolute atomic E-state index is 0.0505. The Balaban J connectivity index is 1.79. The van der Waals surface area contributed by atoms with Crippen LogP contribution in [0.2, 0.25) is 0 Å². The molecule has 1 heterocycles. The first kappa shape index (κ1) is 13.4. The van der Waals surface area contributed by atoms with E-state index in [1.165, 1.54) is 0 Å².